The predicted molar refractivity (Wildman–Crippen MR) is 129 cm³/mol. The van der Waals surface area contributed by atoms with E-state index in [0.29, 0.717) is 35.8 Å². The number of rotatable bonds is 8. The molecule has 0 saturated heterocycles. The van der Waals surface area contributed by atoms with Crippen molar-refractivity contribution in [3.63, 3.8) is 0 Å². The molecular formula is C26H31N3O3. The highest BCUT2D eigenvalue weighted by atomic mass is 16.5. The van der Waals surface area contributed by atoms with Crippen LogP contribution in [-0.4, -0.2) is 57.7 Å². The first-order valence-electron chi connectivity index (χ1n) is 10.6. The van der Waals surface area contributed by atoms with Crippen molar-refractivity contribution in [3.8, 4) is 22.8 Å². The monoisotopic (exact) mass is 433 g/mol. The standard InChI is InChI=1S/C26H31N3O3/c1-18-9-7-8-10-20(18)22-13-12-21(25(27-22)28(2)3)26(30)29(4)16-15-19-11-14-23(31-5)24(17-19)32-6/h7-14,17H,15-16H2,1-6H3. The molecule has 1 aromatic heterocycles. The summed E-state index contributed by atoms with van der Waals surface area (Å²) in [5.41, 5.74) is 4.73. The van der Waals surface area contributed by atoms with Gasteiger partial charge in [-0.3, -0.25) is 4.79 Å². The lowest BCUT2D eigenvalue weighted by atomic mass is 10.0. The van der Waals surface area contributed by atoms with Crippen molar-refractivity contribution in [1.82, 2.24) is 9.88 Å². The summed E-state index contributed by atoms with van der Waals surface area (Å²) in [6, 6.07) is 17.7. The van der Waals surface area contributed by atoms with Crippen LogP contribution in [0, 0.1) is 6.92 Å². The summed E-state index contributed by atoms with van der Waals surface area (Å²) in [6.45, 7) is 2.63. The van der Waals surface area contributed by atoms with E-state index in [1.165, 1.54) is 0 Å². The molecule has 32 heavy (non-hydrogen) atoms. The Labute approximate surface area is 190 Å². The number of carbonyl (C=O) groups is 1. The first-order valence-corrected chi connectivity index (χ1v) is 10.6. The Morgan fingerprint density at radius 2 is 1.66 bits per heavy atom. The van der Waals surface area contributed by atoms with Gasteiger partial charge in [0.15, 0.2) is 11.5 Å². The summed E-state index contributed by atoms with van der Waals surface area (Å²) >= 11 is 0. The molecular weight excluding hydrogens is 402 g/mol. The van der Waals surface area contributed by atoms with Crippen LogP contribution in [0.3, 0.4) is 0 Å². The lowest BCUT2D eigenvalue weighted by Gasteiger charge is -2.22. The molecule has 1 amide bonds. The SMILES string of the molecule is COc1ccc(CCN(C)C(=O)c2ccc(-c3ccccc3C)nc2N(C)C)cc1OC. The van der Waals surface area contributed by atoms with E-state index in [9.17, 15) is 4.79 Å². The average molecular weight is 434 g/mol. The summed E-state index contributed by atoms with van der Waals surface area (Å²) in [5.74, 6) is 1.98. The van der Waals surface area contributed by atoms with Crippen LogP contribution in [0.2, 0.25) is 0 Å². The molecule has 0 radical (unpaired) electrons. The van der Waals surface area contributed by atoms with E-state index in [-0.39, 0.29) is 5.91 Å². The lowest BCUT2D eigenvalue weighted by molar-refractivity contribution is 0.0797. The molecule has 168 valence electrons. The van der Waals surface area contributed by atoms with Gasteiger partial charge in [0.2, 0.25) is 0 Å². The molecule has 6 nitrogen and oxygen atoms in total. The van der Waals surface area contributed by atoms with Gasteiger partial charge in [0.05, 0.1) is 25.5 Å². The number of methoxy groups -OCH3 is 2. The molecule has 6 heteroatoms. The summed E-state index contributed by atoms with van der Waals surface area (Å²) < 4.78 is 10.7. The maximum absolute atomic E-state index is 13.2. The topological polar surface area (TPSA) is 54.9 Å². The van der Waals surface area contributed by atoms with Gasteiger partial charge < -0.3 is 19.3 Å². The van der Waals surface area contributed by atoms with E-state index in [4.69, 9.17) is 14.5 Å². The van der Waals surface area contributed by atoms with Gasteiger partial charge in [-0.15, -0.1) is 0 Å². The van der Waals surface area contributed by atoms with E-state index in [1.54, 1.807) is 19.1 Å². The Bertz CT molecular complexity index is 1100. The number of pyridine rings is 1. The minimum atomic E-state index is -0.0574. The van der Waals surface area contributed by atoms with Crippen LogP contribution in [0.5, 0.6) is 11.5 Å². The van der Waals surface area contributed by atoms with Gasteiger partial charge in [-0.1, -0.05) is 30.3 Å². The molecule has 0 aliphatic rings. The smallest absolute Gasteiger partial charge is 0.257 e. The highest BCUT2D eigenvalue weighted by molar-refractivity contribution is 5.99. The zero-order chi connectivity index (χ0) is 23.3. The quantitative estimate of drug-likeness (QED) is 0.525. The van der Waals surface area contributed by atoms with Crippen LogP contribution < -0.4 is 14.4 Å². The van der Waals surface area contributed by atoms with Gasteiger partial charge in [0.25, 0.3) is 5.91 Å². The second-order valence-electron chi connectivity index (χ2n) is 7.94. The number of aryl methyl sites for hydroxylation is 1. The minimum Gasteiger partial charge on any atom is -0.493 e. The molecule has 0 fully saturated rings. The summed E-state index contributed by atoms with van der Waals surface area (Å²) in [6.07, 6.45) is 0.703. The number of ether oxygens (including phenoxy) is 2. The number of hydrogen-bond donors (Lipinski definition) is 0. The average Bonchev–Trinajstić information content (AvgIpc) is 2.81. The second kappa shape index (κ2) is 10.2. The van der Waals surface area contributed by atoms with E-state index >= 15 is 0 Å². The van der Waals surface area contributed by atoms with E-state index in [0.717, 1.165) is 22.4 Å². The van der Waals surface area contributed by atoms with Crippen LogP contribution in [0.1, 0.15) is 21.5 Å². The largest absolute Gasteiger partial charge is 0.493 e. The number of amides is 1. The molecule has 1 heterocycles. The maximum Gasteiger partial charge on any atom is 0.257 e. The molecule has 0 atom stereocenters. The van der Waals surface area contributed by atoms with Gasteiger partial charge in [0.1, 0.15) is 5.82 Å². The fourth-order valence-corrected chi connectivity index (χ4v) is 3.61. The van der Waals surface area contributed by atoms with Crippen molar-refractivity contribution in [1.29, 1.82) is 0 Å². The highest BCUT2D eigenvalue weighted by Crippen LogP contribution is 2.28. The molecule has 0 saturated carbocycles. The highest BCUT2D eigenvalue weighted by Gasteiger charge is 2.20. The van der Waals surface area contributed by atoms with Gasteiger partial charge in [0, 0.05) is 33.3 Å². The van der Waals surface area contributed by atoms with E-state index in [2.05, 4.69) is 13.0 Å². The molecule has 0 aliphatic carbocycles. The number of benzene rings is 2. The number of likely N-dealkylation sites (N-methyl/N-ethyl adjacent to an activating group) is 1. The van der Waals surface area contributed by atoms with Crippen LogP contribution in [0.25, 0.3) is 11.3 Å². The first-order chi connectivity index (χ1) is 15.3. The fraction of sp³-hybridized carbons (Fsp3) is 0.308. The zero-order valence-electron chi connectivity index (χ0n) is 19.7. The third-order valence-electron chi connectivity index (χ3n) is 5.48. The normalized spacial score (nSPS) is 10.6. The molecule has 0 bridgehead atoms. The minimum absolute atomic E-state index is 0.0574. The Balaban J connectivity index is 1.79. The Kier molecular flexibility index (Phi) is 7.36. The van der Waals surface area contributed by atoms with Crippen LogP contribution in [0.4, 0.5) is 5.82 Å². The van der Waals surface area contributed by atoms with Crippen molar-refractivity contribution in [2.75, 3.05) is 46.8 Å². The van der Waals surface area contributed by atoms with Gasteiger partial charge in [-0.25, -0.2) is 4.98 Å². The summed E-state index contributed by atoms with van der Waals surface area (Å²) in [4.78, 5) is 21.7. The molecule has 0 spiro atoms. The number of nitrogens with zero attached hydrogens (tertiary/aromatic N) is 3. The number of hydrogen-bond acceptors (Lipinski definition) is 5. The third-order valence-corrected chi connectivity index (χ3v) is 5.48. The van der Waals surface area contributed by atoms with E-state index in [1.807, 2.05) is 74.6 Å². The van der Waals surface area contributed by atoms with Crippen LogP contribution >= 0.6 is 0 Å². The van der Waals surface area contributed by atoms with Gasteiger partial charge in [-0.2, -0.15) is 0 Å². The van der Waals surface area contributed by atoms with Gasteiger partial charge in [-0.05, 0) is 48.7 Å². The molecule has 0 aliphatic heterocycles. The number of anilines is 1. The second-order valence-corrected chi connectivity index (χ2v) is 7.94. The Morgan fingerprint density at radius 3 is 2.31 bits per heavy atom. The van der Waals surface area contributed by atoms with Crippen molar-refractivity contribution < 1.29 is 14.3 Å². The summed E-state index contributed by atoms with van der Waals surface area (Å²) in [5, 5.41) is 0. The van der Waals surface area contributed by atoms with Crippen molar-refractivity contribution in [3.05, 3.63) is 71.3 Å². The Hall–Kier alpha value is -3.54. The van der Waals surface area contributed by atoms with E-state index < -0.39 is 0 Å². The Morgan fingerprint density at radius 1 is 0.938 bits per heavy atom. The number of aromatic nitrogens is 1. The number of carbonyl (C=O) groups excluding carboxylic acids is 1. The van der Waals surface area contributed by atoms with Crippen molar-refractivity contribution in [2.24, 2.45) is 0 Å². The van der Waals surface area contributed by atoms with Gasteiger partial charge >= 0.3 is 0 Å². The lowest BCUT2D eigenvalue weighted by Crippen LogP contribution is -2.30. The first kappa shape index (κ1) is 23.1. The molecule has 3 rings (SSSR count). The fourth-order valence-electron chi connectivity index (χ4n) is 3.61. The van der Waals surface area contributed by atoms with Crippen LogP contribution in [-0.2, 0) is 6.42 Å². The molecule has 0 unspecified atom stereocenters. The molecule has 0 N–H and O–H groups in total. The third kappa shape index (κ3) is 5.02. The summed E-state index contributed by atoms with van der Waals surface area (Å²) in [7, 11) is 8.87. The molecule has 2 aromatic carbocycles. The van der Waals surface area contributed by atoms with Crippen molar-refractivity contribution >= 4 is 11.7 Å². The molecule has 3 aromatic rings. The maximum atomic E-state index is 13.2. The van der Waals surface area contributed by atoms with Crippen LogP contribution in [0.15, 0.2) is 54.6 Å². The zero-order valence-corrected chi connectivity index (χ0v) is 19.7. The van der Waals surface area contributed by atoms with Crippen molar-refractivity contribution in [2.45, 2.75) is 13.3 Å². The predicted octanol–water partition coefficient (Wildman–Crippen LogP) is 4.45.